The van der Waals surface area contributed by atoms with E-state index >= 15 is 0 Å². The summed E-state index contributed by atoms with van der Waals surface area (Å²) in [5, 5.41) is 3.60. The number of nitrogen functional groups attached to an aromatic ring is 1. The van der Waals surface area contributed by atoms with E-state index in [-0.39, 0.29) is 0 Å². The molecule has 0 bridgehead atoms. The lowest BCUT2D eigenvalue weighted by Crippen LogP contribution is -2.30. The third-order valence-electron chi connectivity index (χ3n) is 4.05. The second-order valence-corrected chi connectivity index (χ2v) is 5.81. The zero-order valence-corrected chi connectivity index (χ0v) is 12.1. The van der Waals surface area contributed by atoms with Crippen LogP contribution < -0.4 is 15.8 Å². The number of nitrogens with one attached hydrogen (secondary N) is 1. The van der Waals surface area contributed by atoms with E-state index in [1.165, 1.54) is 12.8 Å². The van der Waals surface area contributed by atoms with Crippen molar-refractivity contribution < 1.29 is 9.47 Å². The minimum Gasteiger partial charge on any atom is -0.491 e. The van der Waals surface area contributed by atoms with E-state index in [4.69, 9.17) is 15.2 Å². The summed E-state index contributed by atoms with van der Waals surface area (Å²) in [5.41, 5.74) is 7.72. The first-order valence-electron chi connectivity index (χ1n) is 7.68. The van der Waals surface area contributed by atoms with Crippen molar-refractivity contribution in [2.75, 3.05) is 24.3 Å². The van der Waals surface area contributed by atoms with Gasteiger partial charge in [0.05, 0.1) is 24.4 Å². The van der Waals surface area contributed by atoms with Crippen LogP contribution in [0.2, 0.25) is 0 Å². The zero-order chi connectivity index (χ0) is 13.9. The number of nitrogens with two attached hydrogens (primary N) is 1. The highest BCUT2D eigenvalue weighted by molar-refractivity contribution is 5.61. The van der Waals surface area contributed by atoms with Gasteiger partial charge in [0.15, 0.2) is 0 Å². The van der Waals surface area contributed by atoms with Crippen LogP contribution in [0.1, 0.15) is 32.6 Å². The van der Waals surface area contributed by atoms with Crippen molar-refractivity contribution in [3.8, 4) is 5.75 Å². The summed E-state index contributed by atoms with van der Waals surface area (Å²) in [7, 11) is 0. The summed E-state index contributed by atoms with van der Waals surface area (Å²) in [5.74, 6) is 1.54. The van der Waals surface area contributed by atoms with E-state index in [0.717, 1.165) is 36.8 Å². The van der Waals surface area contributed by atoms with Gasteiger partial charge >= 0.3 is 0 Å². The second kappa shape index (κ2) is 5.92. The highest BCUT2D eigenvalue weighted by atomic mass is 16.5. The van der Waals surface area contributed by atoms with Crippen LogP contribution in [0.3, 0.4) is 0 Å². The standard InChI is InChI=1S/C16H24N2O2/c1-2-8-19-15-10-12(5-6-13(15)17)18-14-7-9-20-16(14)11-3-4-11/h5-6,10-11,14,16,18H,2-4,7-9,17H2,1H3. The Kier molecular flexibility index (Phi) is 4.01. The first-order chi connectivity index (χ1) is 9.78. The van der Waals surface area contributed by atoms with Crippen molar-refractivity contribution in [2.45, 2.75) is 44.8 Å². The van der Waals surface area contributed by atoms with Gasteiger partial charge in [-0.1, -0.05) is 6.92 Å². The van der Waals surface area contributed by atoms with Crippen molar-refractivity contribution in [1.29, 1.82) is 0 Å². The van der Waals surface area contributed by atoms with Crippen LogP contribution in [0.5, 0.6) is 5.75 Å². The number of benzene rings is 1. The molecule has 1 aromatic carbocycles. The number of hydrogen-bond donors (Lipinski definition) is 2. The van der Waals surface area contributed by atoms with Crippen LogP contribution >= 0.6 is 0 Å². The Morgan fingerprint density at radius 3 is 2.95 bits per heavy atom. The van der Waals surface area contributed by atoms with Crippen molar-refractivity contribution in [3.05, 3.63) is 18.2 Å². The molecule has 1 aliphatic carbocycles. The molecule has 0 amide bonds. The first-order valence-corrected chi connectivity index (χ1v) is 7.68. The molecule has 0 aromatic heterocycles. The van der Waals surface area contributed by atoms with Crippen molar-refractivity contribution >= 4 is 11.4 Å². The Morgan fingerprint density at radius 2 is 2.20 bits per heavy atom. The van der Waals surface area contributed by atoms with E-state index in [1.54, 1.807) is 0 Å². The SMILES string of the molecule is CCCOc1cc(NC2CCOC2C2CC2)ccc1N. The fourth-order valence-corrected chi connectivity index (χ4v) is 2.83. The molecular formula is C16H24N2O2. The Morgan fingerprint density at radius 1 is 1.35 bits per heavy atom. The van der Waals surface area contributed by atoms with Gasteiger partial charge in [0, 0.05) is 18.4 Å². The van der Waals surface area contributed by atoms with Gasteiger partial charge in [-0.05, 0) is 43.7 Å². The van der Waals surface area contributed by atoms with Crippen LogP contribution in [0.15, 0.2) is 18.2 Å². The average molecular weight is 276 g/mol. The molecule has 1 aromatic rings. The maximum atomic E-state index is 5.95. The van der Waals surface area contributed by atoms with E-state index in [2.05, 4.69) is 12.2 Å². The highest BCUT2D eigenvalue weighted by Crippen LogP contribution is 2.40. The van der Waals surface area contributed by atoms with Crippen LogP contribution in [-0.2, 0) is 4.74 Å². The third kappa shape index (κ3) is 3.01. The summed E-state index contributed by atoms with van der Waals surface area (Å²) in [6, 6.07) is 6.36. The van der Waals surface area contributed by atoms with E-state index < -0.39 is 0 Å². The molecule has 2 aliphatic rings. The number of rotatable bonds is 6. The van der Waals surface area contributed by atoms with E-state index in [1.807, 2.05) is 18.2 Å². The summed E-state index contributed by atoms with van der Waals surface area (Å²) >= 11 is 0. The highest BCUT2D eigenvalue weighted by Gasteiger charge is 2.40. The first kappa shape index (κ1) is 13.6. The summed E-state index contributed by atoms with van der Waals surface area (Å²) < 4.78 is 11.5. The minimum atomic E-state index is 0.382. The van der Waals surface area contributed by atoms with Crippen LogP contribution in [0.25, 0.3) is 0 Å². The molecule has 3 rings (SSSR count). The molecule has 1 aliphatic heterocycles. The molecule has 110 valence electrons. The molecule has 0 radical (unpaired) electrons. The molecule has 2 fully saturated rings. The average Bonchev–Trinajstić information content (AvgIpc) is 3.20. The molecule has 1 saturated carbocycles. The number of anilines is 2. The lowest BCUT2D eigenvalue weighted by Gasteiger charge is -2.21. The Labute approximate surface area is 120 Å². The maximum Gasteiger partial charge on any atom is 0.144 e. The van der Waals surface area contributed by atoms with Gasteiger partial charge in [0.1, 0.15) is 5.75 Å². The monoisotopic (exact) mass is 276 g/mol. The van der Waals surface area contributed by atoms with Gasteiger partial charge in [0.25, 0.3) is 0 Å². The molecule has 3 N–H and O–H groups in total. The molecule has 4 nitrogen and oxygen atoms in total. The molecule has 2 atom stereocenters. The van der Waals surface area contributed by atoms with Crippen molar-refractivity contribution in [2.24, 2.45) is 5.92 Å². The topological polar surface area (TPSA) is 56.5 Å². The van der Waals surface area contributed by atoms with E-state index in [0.29, 0.717) is 24.4 Å². The Balaban J connectivity index is 1.67. The van der Waals surface area contributed by atoms with Gasteiger partial charge in [-0.25, -0.2) is 0 Å². The lowest BCUT2D eigenvalue weighted by atomic mass is 10.1. The number of ether oxygens (including phenoxy) is 2. The fourth-order valence-electron chi connectivity index (χ4n) is 2.83. The normalized spacial score (nSPS) is 25.6. The molecule has 4 heteroatoms. The van der Waals surface area contributed by atoms with Crippen LogP contribution in [0.4, 0.5) is 11.4 Å². The molecule has 2 unspecified atom stereocenters. The predicted molar refractivity (Wildman–Crippen MR) is 81.1 cm³/mol. The largest absolute Gasteiger partial charge is 0.491 e. The minimum absolute atomic E-state index is 0.382. The third-order valence-corrected chi connectivity index (χ3v) is 4.05. The van der Waals surface area contributed by atoms with E-state index in [9.17, 15) is 0 Å². The smallest absolute Gasteiger partial charge is 0.144 e. The lowest BCUT2D eigenvalue weighted by molar-refractivity contribution is 0.0898. The molecule has 0 spiro atoms. The summed E-state index contributed by atoms with van der Waals surface area (Å²) in [6.07, 6.45) is 5.08. The maximum absolute atomic E-state index is 5.95. The van der Waals surface area contributed by atoms with Crippen LogP contribution in [0, 0.1) is 5.92 Å². The van der Waals surface area contributed by atoms with Gasteiger partial charge in [0.2, 0.25) is 0 Å². The Hall–Kier alpha value is -1.42. The Bertz CT molecular complexity index is 460. The molecule has 1 heterocycles. The van der Waals surface area contributed by atoms with Gasteiger partial charge < -0.3 is 20.5 Å². The molecule has 1 saturated heterocycles. The quantitative estimate of drug-likeness (QED) is 0.784. The van der Waals surface area contributed by atoms with Crippen molar-refractivity contribution in [1.82, 2.24) is 0 Å². The van der Waals surface area contributed by atoms with Gasteiger partial charge in [-0.3, -0.25) is 0 Å². The van der Waals surface area contributed by atoms with Crippen molar-refractivity contribution in [3.63, 3.8) is 0 Å². The molecule has 20 heavy (non-hydrogen) atoms. The summed E-state index contributed by atoms with van der Waals surface area (Å²) in [6.45, 7) is 3.66. The summed E-state index contributed by atoms with van der Waals surface area (Å²) in [4.78, 5) is 0. The fraction of sp³-hybridized carbons (Fsp3) is 0.625. The zero-order valence-electron chi connectivity index (χ0n) is 12.1. The number of hydrogen-bond acceptors (Lipinski definition) is 4. The second-order valence-electron chi connectivity index (χ2n) is 5.81. The predicted octanol–water partition coefficient (Wildman–Crippen LogP) is 3.04. The molecular weight excluding hydrogens is 252 g/mol. The van der Waals surface area contributed by atoms with Crippen LogP contribution in [-0.4, -0.2) is 25.4 Å². The van der Waals surface area contributed by atoms with Gasteiger partial charge in [-0.2, -0.15) is 0 Å². The van der Waals surface area contributed by atoms with Gasteiger partial charge in [-0.15, -0.1) is 0 Å².